The first-order valence-electron chi connectivity index (χ1n) is 13.6. The molecule has 0 amide bonds. The van der Waals surface area contributed by atoms with Gasteiger partial charge in [0.25, 0.3) is 0 Å². The highest BCUT2D eigenvalue weighted by molar-refractivity contribution is 6.66. The van der Waals surface area contributed by atoms with E-state index in [4.69, 9.17) is 28.3 Å². The second-order valence-electron chi connectivity index (χ2n) is 9.85. The molecule has 0 atom stereocenters. The van der Waals surface area contributed by atoms with Crippen LogP contribution in [0.2, 0.25) is 13.1 Å². The molecule has 0 N–H and O–H groups in total. The monoisotopic (exact) mass is 550 g/mol. The second kappa shape index (κ2) is 12.2. The second-order valence-corrected chi connectivity index (χ2v) is 13.1. The average Bonchev–Trinajstić information content (AvgIpc) is 2.94. The van der Waals surface area contributed by atoms with Crippen molar-refractivity contribution in [2.24, 2.45) is 9.98 Å². The molecule has 0 unspecified atom stereocenters. The summed E-state index contributed by atoms with van der Waals surface area (Å²) in [6.45, 7) is 8.94. The van der Waals surface area contributed by atoms with E-state index in [2.05, 4.69) is 24.3 Å². The summed E-state index contributed by atoms with van der Waals surface area (Å²) in [5, 5.41) is 0. The van der Waals surface area contributed by atoms with Crippen LogP contribution in [0.1, 0.15) is 36.1 Å². The molecule has 3 heterocycles. The fraction of sp³-hybridized carbons (Fsp3) is 0.212. The van der Waals surface area contributed by atoms with Gasteiger partial charge in [-0.1, -0.05) is 36.4 Å². The van der Waals surface area contributed by atoms with E-state index in [1.807, 2.05) is 100 Å². The van der Waals surface area contributed by atoms with Crippen LogP contribution in [0.5, 0.6) is 23.0 Å². The van der Waals surface area contributed by atoms with Gasteiger partial charge in [0, 0.05) is 36.7 Å². The van der Waals surface area contributed by atoms with Crippen molar-refractivity contribution in [2.75, 3.05) is 13.2 Å². The maximum Gasteiger partial charge on any atom is 0.454 e. The molecule has 4 bridgehead atoms. The van der Waals surface area contributed by atoms with E-state index in [0.29, 0.717) is 36.2 Å². The van der Waals surface area contributed by atoms with E-state index < -0.39 is 8.56 Å². The molecule has 0 saturated carbocycles. The summed E-state index contributed by atoms with van der Waals surface area (Å²) in [6.07, 6.45) is 4.47. The lowest BCUT2D eigenvalue weighted by Gasteiger charge is -2.28. The van der Waals surface area contributed by atoms with Crippen molar-refractivity contribution < 1.29 is 18.3 Å². The predicted octanol–water partition coefficient (Wildman–Crippen LogP) is 8.05. The fourth-order valence-electron chi connectivity index (χ4n) is 4.46. The molecule has 6 nitrogen and oxygen atoms in total. The highest BCUT2D eigenvalue weighted by Crippen LogP contribution is 2.37. The summed E-state index contributed by atoms with van der Waals surface area (Å²) in [6, 6.07) is 28.2. The zero-order valence-corrected chi connectivity index (χ0v) is 24.4. The summed E-state index contributed by atoms with van der Waals surface area (Å²) in [7, 11) is -2.87. The lowest BCUT2D eigenvalue weighted by Crippen LogP contribution is -2.42. The van der Waals surface area contributed by atoms with Crippen molar-refractivity contribution in [3.05, 3.63) is 107 Å². The van der Waals surface area contributed by atoms with Gasteiger partial charge < -0.3 is 18.3 Å². The summed E-state index contributed by atoms with van der Waals surface area (Å²) >= 11 is 0. The number of fused-ring (bicyclic) bond motifs is 2. The topological polar surface area (TPSA) is 61.6 Å². The summed E-state index contributed by atoms with van der Waals surface area (Å²) < 4.78 is 25.3. The van der Waals surface area contributed by atoms with Crippen LogP contribution in [-0.4, -0.2) is 34.2 Å². The molecule has 4 aromatic carbocycles. The Morgan fingerprint density at radius 2 is 1.05 bits per heavy atom. The Morgan fingerprint density at radius 1 is 0.625 bits per heavy atom. The summed E-state index contributed by atoms with van der Waals surface area (Å²) in [4.78, 5) is 9.50. The van der Waals surface area contributed by atoms with E-state index in [1.165, 1.54) is 11.1 Å². The van der Waals surface area contributed by atoms with Crippen molar-refractivity contribution in [1.82, 2.24) is 0 Å². The van der Waals surface area contributed by atoms with Crippen molar-refractivity contribution in [1.29, 1.82) is 0 Å². The first kappa shape index (κ1) is 27.2. The standard InChI is InChI=1S/C33H34N2O4Si/c1-5-36-30-11-7-9-26-22-34-28-17-13-24(14-18-28)21-25-15-19-29(20-16-25)35-23-27-10-8-12-31(37-6-2)33(27)39-40(3,4)38-32(26)30/h7-20,22-23H,5-6,21H2,1-4H3. The van der Waals surface area contributed by atoms with Crippen LogP contribution >= 0.6 is 0 Å². The molecule has 0 fully saturated rings. The highest BCUT2D eigenvalue weighted by atomic mass is 28.4. The van der Waals surface area contributed by atoms with Gasteiger partial charge in [0.05, 0.1) is 24.6 Å². The molecule has 204 valence electrons. The molecular formula is C33H34N2O4Si. The van der Waals surface area contributed by atoms with Crippen LogP contribution < -0.4 is 18.3 Å². The third kappa shape index (κ3) is 6.61. The van der Waals surface area contributed by atoms with Gasteiger partial charge in [-0.3, -0.25) is 9.98 Å². The number of ether oxygens (including phenoxy) is 2. The molecule has 7 heteroatoms. The van der Waals surface area contributed by atoms with E-state index in [-0.39, 0.29) is 0 Å². The van der Waals surface area contributed by atoms with Gasteiger partial charge in [-0.15, -0.1) is 0 Å². The van der Waals surface area contributed by atoms with Crippen LogP contribution in [0.15, 0.2) is 94.9 Å². The van der Waals surface area contributed by atoms with Gasteiger partial charge >= 0.3 is 8.56 Å². The quantitative estimate of drug-likeness (QED) is 0.241. The molecule has 3 aliphatic heterocycles. The highest BCUT2D eigenvalue weighted by Gasteiger charge is 2.33. The Kier molecular flexibility index (Phi) is 8.31. The van der Waals surface area contributed by atoms with Gasteiger partial charge in [0.15, 0.2) is 23.0 Å². The van der Waals surface area contributed by atoms with Gasteiger partial charge in [-0.2, -0.15) is 0 Å². The summed E-state index contributed by atoms with van der Waals surface area (Å²) in [5.74, 6) is 2.52. The minimum Gasteiger partial charge on any atom is -0.509 e. The van der Waals surface area contributed by atoms with E-state index in [0.717, 1.165) is 28.9 Å². The van der Waals surface area contributed by atoms with Crippen LogP contribution in [0.25, 0.3) is 0 Å². The molecule has 0 saturated heterocycles. The maximum atomic E-state index is 6.69. The van der Waals surface area contributed by atoms with Gasteiger partial charge in [-0.25, -0.2) is 0 Å². The fourth-order valence-corrected chi connectivity index (χ4v) is 5.92. The Labute approximate surface area is 237 Å². The first-order valence-corrected chi connectivity index (χ1v) is 16.4. The van der Waals surface area contributed by atoms with Crippen molar-refractivity contribution in [3.8, 4) is 23.0 Å². The van der Waals surface area contributed by atoms with Crippen molar-refractivity contribution in [3.63, 3.8) is 0 Å². The number of rotatable bonds is 4. The lowest BCUT2D eigenvalue weighted by atomic mass is 10.0. The molecular weight excluding hydrogens is 516 g/mol. The van der Waals surface area contributed by atoms with Crippen LogP contribution in [-0.2, 0) is 6.42 Å². The normalized spacial score (nSPS) is 14.0. The minimum absolute atomic E-state index is 0.510. The number of hydrogen-bond acceptors (Lipinski definition) is 6. The third-order valence-electron chi connectivity index (χ3n) is 6.30. The van der Waals surface area contributed by atoms with Crippen LogP contribution in [0.4, 0.5) is 11.4 Å². The Bertz CT molecular complexity index is 1400. The number of hydrogen-bond donors (Lipinski definition) is 0. The molecule has 0 radical (unpaired) electrons. The lowest BCUT2D eigenvalue weighted by molar-refractivity contribution is 0.306. The number of nitrogens with zero attached hydrogens (tertiary/aromatic N) is 2. The Balaban J connectivity index is 1.63. The smallest absolute Gasteiger partial charge is 0.454 e. The van der Waals surface area contributed by atoms with E-state index in [9.17, 15) is 0 Å². The summed E-state index contributed by atoms with van der Waals surface area (Å²) in [5.41, 5.74) is 5.78. The van der Waals surface area contributed by atoms with E-state index >= 15 is 0 Å². The largest absolute Gasteiger partial charge is 0.509 e. The molecule has 7 rings (SSSR count). The molecule has 0 aromatic heterocycles. The van der Waals surface area contributed by atoms with Gasteiger partial charge in [0.1, 0.15) is 0 Å². The first-order chi connectivity index (χ1) is 19.4. The van der Waals surface area contributed by atoms with Gasteiger partial charge in [0.2, 0.25) is 0 Å². The maximum absolute atomic E-state index is 6.69. The van der Waals surface area contributed by atoms with Crippen molar-refractivity contribution in [2.45, 2.75) is 33.4 Å². The van der Waals surface area contributed by atoms with Crippen LogP contribution in [0.3, 0.4) is 0 Å². The third-order valence-corrected chi connectivity index (χ3v) is 7.69. The number of benzene rings is 4. The predicted molar refractivity (Wildman–Crippen MR) is 164 cm³/mol. The molecule has 0 aliphatic carbocycles. The van der Waals surface area contributed by atoms with E-state index in [1.54, 1.807) is 0 Å². The molecule has 3 aliphatic rings. The molecule has 4 aromatic rings. The Morgan fingerprint density at radius 3 is 1.45 bits per heavy atom. The Hall–Kier alpha value is -4.36. The zero-order chi connectivity index (χ0) is 28.0. The average molecular weight is 551 g/mol. The minimum atomic E-state index is -2.87. The molecule has 40 heavy (non-hydrogen) atoms. The van der Waals surface area contributed by atoms with Gasteiger partial charge in [-0.05, 0) is 79.9 Å². The number of aliphatic imine (C=N–C) groups is 2. The van der Waals surface area contributed by atoms with Crippen molar-refractivity contribution >= 4 is 32.4 Å². The molecule has 0 spiro atoms. The SMILES string of the molecule is CCOc1cccc2c1O[Si](C)(C)Oc1c(cccc1OCC)C=Nc1ccc(cc1)Cc1ccc(cc1)N=C2. The number of para-hydroxylation sites is 2. The zero-order valence-electron chi connectivity index (χ0n) is 23.4. The van der Waals surface area contributed by atoms with Crippen LogP contribution in [0, 0.1) is 0 Å².